The van der Waals surface area contributed by atoms with Gasteiger partial charge in [-0.15, -0.1) is 6.58 Å². The number of allylic oxidation sites excluding steroid dienone is 1. The summed E-state index contributed by atoms with van der Waals surface area (Å²) in [6, 6.07) is 0. The summed E-state index contributed by atoms with van der Waals surface area (Å²) in [5.74, 6) is 2.71. The summed E-state index contributed by atoms with van der Waals surface area (Å²) in [5.41, 5.74) is 0. The van der Waals surface area contributed by atoms with Gasteiger partial charge in [0.05, 0.1) is 11.0 Å². The number of hydrogen-bond donors (Lipinski definition) is 0. The first-order chi connectivity index (χ1) is 10.3. The van der Waals surface area contributed by atoms with Gasteiger partial charge in [-0.1, -0.05) is 58.8 Å². The standard InChI is InChI=1S/C19H34O2S/c1-6-8-18(22(20,21)13-7-2)11-10-17-14-16(5)9-12-19(17)15(3)4/h7,10-11,15-19H,2,6,8-9,12-14H2,1,3-5H3/b11-10+/t16-,17-,18+,19+/m1/s1. The van der Waals surface area contributed by atoms with Gasteiger partial charge in [0, 0.05) is 0 Å². The first-order valence-corrected chi connectivity index (χ1v) is 10.5. The number of sulfone groups is 1. The summed E-state index contributed by atoms with van der Waals surface area (Å²) < 4.78 is 24.7. The zero-order valence-electron chi connectivity index (χ0n) is 14.8. The molecule has 0 unspecified atom stereocenters. The Kier molecular flexibility index (Phi) is 7.88. The molecule has 0 heterocycles. The molecule has 1 aliphatic carbocycles. The van der Waals surface area contributed by atoms with Gasteiger partial charge in [-0.05, 0) is 42.9 Å². The summed E-state index contributed by atoms with van der Waals surface area (Å²) in [6.45, 7) is 12.5. The van der Waals surface area contributed by atoms with Gasteiger partial charge in [0.15, 0.2) is 9.84 Å². The molecule has 22 heavy (non-hydrogen) atoms. The fourth-order valence-electron chi connectivity index (χ4n) is 3.73. The minimum absolute atomic E-state index is 0.0800. The Morgan fingerprint density at radius 1 is 1.27 bits per heavy atom. The molecule has 0 aromatic heterocycles. The average molecular weight is 327 g/mol. The molecule has 1 aliphatic rings. The molecule has 0 radical (unpaired) electrons. The van der Waals surface area contributed by atoms with Crippen molar-refractivity contribution >= 4 is 9.84 Å². The van der Waals surface area contributed by atoms with E-state index < -0.39 is 9.84 Å². The summed E-state index contributed by atoms with van der Waals surface area (Å²) in [5, 5.41) is -0.347. The van der Waals surface area contributed by atoms with Gasteiger partial charge in [-0.2, -0.15) is 0 Å². The Morgan fingerprint density at radius 2 is 1.95 bits per heavy atom. The minimum Gasteiger partial charge on any atom is -0.228 e. The minimum atomic E-state index is -3.09. The van der Waals surface area contributed by atoms with Crippen molar-refractivity contribution in [3.8, 4) is 0 Å². The Labute approximate surface area is 138 Å². The van der Waals surface area contributed by atoms with Crippen LogP contribution in [0.4, 0.5) is 0 Å². The molecule has 0 aliphatic heterocycles. The maximum absolute atomic E-state index is 12.4. The summed E-state index contributed by atoms with van der Waals surface area (Å²) in [7, 11) is -3.09. The molecule has 0 saturated heterocycles. The Morgan fingerprint density at radius 3 is 2.50 bits per heavy atom. The molecular weight excluding hydrogens is 292 g/mol. The molecule has 0 amide bonds. The molecule has 0 N–H and O–H groups in total. The highest BCUT2D eigenvalue weighted by atomic mass is 32.2. The highest BCUT2D eigenvalue weighted by Crippen LogP contribution is 2.38. The van der Waals surface area contributed by atoms with Crippen molar-refractivity contribution in [2.45, 2.75) is 65.0 Å². The molecule has 128 valence electrons. The fraction of sp³-hybridized carbons (Fsp3) is 0.789. The molecule has 1 fully saturated rings. The third-order valence-corrected chi connectivity index (χ3v) is 7.05. The largest absolute Gasteiger partial charge is 0.228 e. The van der Waals surface area contributed by atoms with Crippen molar-refractivity contribution in [2.75, 3.05) is 5.75 Å². The van der Waals surface area contributed by atoms with Crippen molar-refractivity contribution in [3.63, 3.8) is 0 Å². The van der Waals surface area contributed by atoms with Crippen LogP contribution in [0.5, 0.6) is 0 Å². The van der Waals surface area contributed by atoms with Crippen LogP contribution in [0.3, 0.4) is 0 Å². The fourth-order valence-corrected chi connectivity index (χ4v) is 5.23. The lowest BCUT2D eigenvalue weighted by molar-refractivity contribution is 0.178. The highest BCUT2D eigenvalue weighted by molar-refractivity contribution is 7.92. The van der Waals surface area contributed by atoms with E-state index in [1.807, 2.05) is 13.0 Å². The van der Waals surface area contributed by atoms with Crippen LogP contribution in [0.2, 0.25) is 0 Å². The molecule has 0 aromatic carbocycles. The number of rotatable bonds is 8. The van der Waals surface area contributed by atoms with Gasteiger partial charge >= 0.3 is 0 Å². The van der Waals surface area contributed by atoms with Gasteiger partial charge < -0.3 is 0 Å². The lowest BCUT2D eigenvalue weighted by Crippen LogP contribution is -2.27. The molecule has 1 rings (SSSR count). The van der Waals surface area contributed by atoms with Crippen molar-refractivity contribution in [3.05, 3.63) is 24.8 Å². The normalized spacial score (nSPS) is 28.1. The zero-order valence-corrected chi connectivity index (χ0v) is 15.6. The maximum atomic E-state index is 12.4. The van der Waals surface area contributed by atoms with Crippen LogP contribution in [0.25, 0.3) is 0 Å². The quantitative estimate of drug-likeness (QED) is 0.587. The van der Waals surface area contributed by atoms with E-state index >= 15 is 0 Å². The second-order valence-corrected chi connectivity index (χ2v) is 9.58. The van der Waals surface area contributed by atoms with Gasteiger partial charge in [0.25, 0.3) is 0 Å². The molecule has 1 saturated carbocycles. The smallest absolute Gasteiger partial charge is 0.160 e. The monoisotopic (exact) mass is 326 g/mol. The van der Waals surface area contributed by atoms with E-state index in [9.17, 15) is 8.42 Å². The Balaban J connectivity index is 2.89. The summed E-state index contributed by atoms with van der Waals surface area (Å²) in [4.78, 5) is 0. The second-order valence-electron chi connectivity index (χ2n) is 7.32. The predicted molar refractivity (Wildman–Crippen MR) is 96.7 cm³/mol. The van der Waals surface area contributed by atoms with E-state index in [4.69, 9.17) is 0 Å². The Bertz CT molecular complexity index is 462. The lowest BCUT2D eigenvalue weighted by Gasteiger charge is -2.36. The average Bonchev–Trinajstić information content (AvgIpc) is 2.42. The van der Waals surface area contributed by atoms with Gasteiger partial charge in [0.2, 0.25) is 0 Å². The van der Waals surface area contributed by atoms with Crippen LogP contribution in [-0.4, -0.2) is 19.4 Å². The van der Waals surface area contributed by atoms with Crippen LogP contribution in [0.15, 0.2) is 24.8 Å². The van der Waals surface area contributed by atoms with Gasteiger partial charge in [0.1, 0.15) is 0 Å². The van der Waals surface area contributed by atoms with Crippen molar-refractivity contribution < 1.29 is 8.42 Å². The third-order valence-electron chi connectivity index (χ3n) is 5.03. The summed E-state index contributed by atoms with van der Waals surface area (Å²) >= 11 is 0. The van der Waals surface area contributed by atoms with E-state index in [2.05, 4.69) is 33.4 Å². The van der Waals surface area contributed by atoms with E-state index in [1.54, 1.807) is 0 Å². The first kappa shape index (κ1) is 19.5. The number of hydrogen-bond acceptors (Lipinski definition) is 2. The van der Waals surface area contributed by atoms with Gasteiger partial charge in [-0.3, -0.25) is 0 Å². The van der Waals surface area contributed by atoms with E-state index in [0.29, 0.717) is 24.2 Å². The van der Waals surface area contributed by atoms with Crippen LogP contribution in [0, 0.1) is 23.7 Å². The molecule has 0 bridgehead atoms. The predicted octanol–water partition coefficient (Wildman–Crippen LogP) is 5.02. The molecule has 4 atom stereocenters. The maximum Gasteiger partial charge on any atom is 0.160 e. The van der Waals surface area contributed by atoms with Crippen molar-refractivity contribution in [2.24, 2.45) is 23.7 Å². The van der Waals surface area contributed by atoms with Crippen LogP contribution in [0.1, 0.15) is 59.8 Å². The first-order valence-electron chi connectivity index (χ1n) is 8.82. The lowest BCUT2D eigenvalue weighted by atomic mass is 9.70. The zero-order chi connectivity index (χ0) is 16.8. The van der Waals surface area contributed by atoms with Crippen LogP contribution in [-0.2, 0) is 9.84 Å². The topological polar surface area (TPSA) is 34.1 Å². The highest BCUT2D eigenvalue weighted by Gasteiger charge is 2.29. The molecule has 0 spiro atoms. The second kappa shape index (κ2) is 8.90. The molecule has 0 aromatic rings. The van der Waals surface area contributed by atoms with Crippen LogP contribution < -0.4 is 0 Å². The SMILES string of the molecule is C=CCS(=O)(=O)[C@H](/C=C/[C@@H]1C[C@H](C)CC[C@H]1C(C)C)CCC. The van der Waals surface area contributed by atoms with E-state index in [0.717, 1.165) is 12.3 Å². The molecule has 3 heteroatoms. The van der Waals surface area contributed by atoms with Crippen molar-refractivity contribution in [1.29, 1.82) is 0 Å². The van der Waals surface area contributed by atoms with Crippen molar-refractivity contribution in [1.82, 2.24) is 0 Å². The van der Waals surface area contributed by atoms with Crippen LogP contribution >= 0.6 is 0 Å². The molecule has 2 nitrogen and oxygen atoms in total. The van der Waals surface area contributed by atoms with Gasteiger partial charge in [-0.25, -0.2) is 8.42 Å². The van der Waals surface area contributed by atoms with E-state index in [-0.39, 0.29) is 11.0 Å². The Hall–Kier alpha value is -0.570. The summed E-state index contributed by atoms with van der Waals surface area (Å²) in [6.07, 6.45) is 11.1. The molecular formula is C19H34O2S. The third kappa shape index (κ3) is 5.57. The van der Waals surface area contributed by atoms with E-state index in [1.165, 1.54) is 25.3 Å².